The van der Waals surface area contributed by atoms with Crippen LogP contribution in [0.3, 0.4) is 0 Å². The van der Waals surface area contributed by atoms with E-state index in [1.807, 2.05) is 0 Å². The van der Waals surface area contributed by atoms with Crippen LogP contribution < -0.4 is 35.3 Å². The molecule has 0 spiro atoms. The van der Waals surface area contributed by atoms with E-state index in [0.717, 1.165) is 6.07 Å². The molecule has 0 aliphatic rings. The molecule has 0 atom stereocenters. The molecule has 49 heavy (non-hydrogen) atoms. The first-order valence-corrected chi connectivity index (χ1v) is 13.9. The number of non-ortho nitro benzene ring substituents is 1. The summed E-state index contributed by atoms with van der Waals surface area (Å²) in [6.45, 7) is 0. The largest absolute Gasteiger partial charge is 0.493 e. The van der Waals surface area contributed by atoms with Gasteiger partial charge < -0.3 is 35.3 Å². The average Bonchev–Trinajstić information content (AvgIpc) is 3.09. The second kappa shape index (κ2) is 15.3. The van der Waals surface area contributed by atoms with E-state index in [1.165, 1.54) is 45.1 Å². The first-order chi connectivity index (χ1) is 23.1. The van der Waals surface area contributed by atoms with Crippen molar-refractivity contribution in [3.8, 4) is 23.0 Å². The number of nitrogen functional groups attached to an aromatic ring is 1. The molecule has 6 rings (SSSR count). The van der Waals surface area contributed by atoms with Crippen molar-refractivity contribution in [1.29, 1.82) is 0 Å². The molecule has 0 fully saturated rings. The Kier molecular flexibility index (Phi) is 11.0. The van der Waals surface area contributed by atoms with E-state index in [0.29, 0.717) is 62.1 Å². The van der Waals surface area contributed by atoms with E-state index >= 15 is 0 Å². The topological polar surface area (TPSA) is 182 Å². The minimum Gasteiger partial charge on any atom is -0.493 e. The number of halogens is 2. The molecule has 14 nitrogen and oxygen atoms in total. The molecule has 0 radical (unpaired) electrons. The standard InChI is InChI=1S/C16H13FN4O4.C16H15FN4O2.CH4/c1-24-14-6-10-13(7-15(14)25-2)18-8-19-16(10)20-12-4-3-9(21(22)23)5-11(12)17;1-22-14-6-10-13(7-15(14)23-2)19-8-20-16(10)21-12-4-3-9(18)5-11(12)17;/h3-8H,1-2H3,(H,18,19,20);3-8H,18H2,1-2H3,(H,19,20,21);1H4. The smallest absolute Gasteiger partial charge is 0.272 e. The number of anilines is 5. The van der Waals surface area contributed by atoms with Crippen LogP contribution in [-0.2, 0) is 0 Å². The lowest BCUT2D eigenvalue weighted by Crippen LogP contribution is -2.00. The highest BCUT2D eigenvalue weighted by Crippen LogP contribution is 2.36. The molecule has 0 bridgehead atoms. The van der Waals surface area contributed by atoms with Crippen LogP contribution in [0.1, 0.15) is 7.43 Å². The predicted molar refractivity (Wildman–Crippen MR) is 182 cm³/mol. The second-order valence-electron chi connectivity index (χ2n) is 9.80. The number of aromatic nitrogens is 4. The quantitative estimate of drug-likeness (QED) is 0.0797. The summed E-state index contributed by atoms with van der Waals surface area (Å²) >= 11 is 0. The van der Waals surface area contributed by atoms with Gasteiger partial charge in [-0.1, -0.05) is 7.43 Å². The Balaban J connectivity index is 0.000000217. The van der Waals surface area contributed by atoms with Gasteiger partial charge in [-0.3, -0.25) is 10.1 Å². The van der Waals surface area contributed by atoms with Gasteiger partial charge in [0, 0.05) is 34.7 Å². The Morgan fingerprint density at radius 1 is 0.653 bits per heavy atom. The number of nitrogens with one attached hydrogen (secondary N) is 2. The Bertz CT molecular complexity index is 2140. The summed E-state index contributed by atoms with van der Waals surface area (Å²) in [4.78, 5) is 26.7. The molecule has 4 aromatic carbocycles. The van der Waals surface area contributed by atoms with Gasteiger partial charge in [-0.05, 0) is 36.4 Å². The van der Waals surface area contributed by atoms with E-state index < -0.39 is 16.6 Å². The monoisotopic (exact) mass is 674 g/mol. The van der Waals surface area contributed by atoms with Crippen molar-refractivity contribution in [1.82, 2.24) is 19.9 Å². The number of benzene rings is 4. The third-order valence-corrected chi connectivity index (χ3v) is 6.94. The highest BCUT2D eigenvalue weighted by atomic mass is 19.1. The third-order valence-electron chi connectivity index (χ3n) is 6.94. The maximum atomic E-state index is 14.1. The lowest BCUT2D eigenvalue weighted by molar-refractivity contribution is -0.385. The SMILES string of the molecule is C.COc1cc2ncnc(Nc3ccc(N)cc3F)c2cc1OC.COc1cc2ncnc(Nc3ccc([N+](=O)[O-])cc3F)c2cc1OC. The van der Waals surface area contributed by atoms with Crippen LogP contribution in [-0.4, -0.2) is 53.3 Å². The van der Waals surface area contributed by atoms with Gasteiger partial charge in [-0.25, -0.2) is 28.7 Å². The highest BCUT2D eigenvalue weighted by Gasteiger charge is 2.15. The number of hydrogen-bond donors (Lipinski definition) is 3. The maximum absolute atomic E-state index is 14.1. The second-order valence-corrected chi connectivity index (χ2v) is 9.80. The minimum atomic E-state index is -0.763. The Labute approximate surface area is 279 Å². The van der Waals surface area contributed by atoms with Crippen molar-refractivity contribution in [2.75, 3.05) is 44.8 Å². The minimum absolute atomic E-state index is 0. The molecule has 0 aliphatic carbocycles. The number of fused-ring (bicyclic) bond motifs is 2. The number of methoxy groups -OCH3 is 4. The van der Waals surface area contributed by atoms with Crippen LogP contribution in [0.5, 0.6) is 23.0 Å². The fraction of sp³-hybridized carbons (Fsp3) is 0.152. The van der Waals surface area contributed by atoms with E-state index in [4.69, 9.17) is 24.7 Å². The summed E-state index contributed by atoms with van der Waals surface area (Å²) in [6.07, 6.45) is 2.71. The third kappa shape index (κ3) is 7.70. The molecule has 0 unspecified atom stereocenters. The van der Waals surface area contributed by atoms with Crippen LogP contribution in [0.2, 0.25) is 0 Å². The van der Waals surface area contributed by atoms with Gasteiger partial charge >= 0.3 is 0 Å². The molecule has 0 aliphatic heterocycles. The van der Waals surface area contributed by atoms with Crippen LogP contribution in [0.4, 0.5) is 43.2 Å². The lowest BCUT2D eigenvalue weighted by atomic mass is 10.2. The van der Waals surface area contributed by atoms with E-state index in [-0.39, 0.29) is 24.5 Å². The van der Waals surface area contributed by atoms with E-state index in [2.05, 4.69) is 30.6 Å². The fourth-order valence-corrected chi connectivity index (χ4v) is 4.57. The average molecular weight is 675 g/mol. The summed E-state index contributed by atoms with van der Waals surface area (Å²) in [5.41, 5.74) is 7.12. The zero-order chi connectivity index (χ0) is 34.4. The number of ether oxygens (including phenoxy) is 4. The molecule has 6 aromatic rings. The van der Waals surface area contributed by atoms with Gasteiger partial charge in [0.05, 0.1) is 61.8 Å². The van der Waals surface area contributed by atoms with Gasteiger partial charge in [0.2, 0.25) is 0 Å². The molecule has 0 saturated carbocycles. The summed E-state index contributed by atoms with van der Waals surface area (Å²) in [5.74, 6) is 1.63. The molecule has 2 heterocycles. The van der Waals surface area contributed by atoms with Crippen molar-refractivity contribution < 1.29 is 32.7 Å². The van der Waals surface area contributed by atoms with Gasteiger partial charge in [0.25, 0.3) is 5.69 Å². The zero-order valence-corrected chi connectivity index (χ0v) is 25.9. The number of nitro benzene ring substituents is 1. The lowest BCUT2D eigenvalue weighted by Gasteiger charge is -2.12. The van der Waals surface area contributed by atoms with Crippen molar-refractivity contribution in [3.05, 3.63) is 95.1 Å². The van der Waals surface area contributed by atoms with Crippen LogP contribution in [0, 0.1) is 21.7 Å². The molecule has 0 amide bonds. The Morgan fingerprint density at radius 3 is 1.49 bits per heavy atom. The number of nitro groups is 1. The zero-order valence-electron chi connectivity index (χ0n) is 25.9. The normalized spacial score (nSPS) is 10.3. The van der Waals surface area contributed by atoms with E-state index in [1.54, 1.807) is 50.6 Å². The number of hydrogen-bond acceptors (Lipinski definition) is 13. The summed E-state index contributed by atoms with van der Waals surface area (Å²) in [7, 11) is 6.10. The molecule has 254 valence electrons. The highest BCUT2D eigenvalue weighted by molar-refractivity contribution is 5.94. The molecule has 16 heteroatoms. The van der Waals surface area contributed by atoms with Gasteiger partial charge in [-0.15, -0.1) is 0 Å². The summed E-state index contributed by atoms with van der Waals surface area (Å²) in [5, 5.41) is 17.7. The molecular formula is C33H32F2N8O6. The van der Waals surface area contributed by atoms with Gasteiger partial charge in [0.1, 0.15) is 30.1 Å². The predicted octanol–water partition coefficient (Wildman–Crippen LogP) is 7.19. The fourth-order valence-electron chi connectivity index (χ4n) is 4.57. The van der Waals surface area contributed by atoms with Gasteiger partial charge in [-0.2, -0.15) is 0 Å². The van der Waals surface area contributed by atoms with Crippen molar-refractivity contribution in [2.45, 2.75) is 7.43 Å². The number of rotatable bonds is 9. The number of nitrogens with zero attached hydrogens (tertiary/aromatic N) is 5. The Morgan fingerprint density at radius 2 is 1.08 bits per heavy atom. The van der Waals surface area contributed by atoms with E-state index in [9.17, 15) is 18.9 Å². The molecule has 2 aromatic heterocycles. The van der Waals surface area contributed by atoms with Gasteiger partial charge in [0.15, 0.2) is 28.8 Å². The first-order valence-electron chi connectivity index (χ1n) is 13.9. The maximum Gasteiger partial charge on any atom is 0.272 e. The van der Waals surface area contributed by atoms with Crippen molar-refractivity contribution >= 4 is 56.2 Å². The summed E-state index contributed by atoms with van der Waals surface area (Å²) < 4.78 is 49.1. The first kappa shape index (κ1) is 35.3. The van der Waals surface area contributed by atoms with Crippen molar-refractivity contribution in [2.24, 2.45) is 0 Å². The Hall–Kier alpha value is -6.58. The van der Waals surface area contributed by atoms with Crippen LogP contribution >= 0.6 is 0 Å². The van der Waals surface area contributed by atoms with Crippen LogP contribution in [0.15, 0.2) is 73.3 Å². The molecule has 4 N–H and O–H groups in total. The molecule has 0 saturated heterocycles. The molecular weight excluding hydrogens is 642 g/mol. The van der Waals surface area contributed by atoms with Crippen LogP contribution in [0.25, 0.3) is 21.8 Å². The number of nitrogens with two attached hydrogens (primary N) is 1. The summed E-state index contributed by atoms with van der Waals surface area (Å²) in [6, 6.07) is 14.6. The van der Waals surface area contributed by atoms with Crippen molar-refractivity contribution in [3.63, 3.8) is 0 Å².